The zero-order chi connectivity index (χ0) is 16.4. The summed E-state index contributed by atoms with van der Waals surface area (Å²) in [5.74, 6) is 0.284. The summed E-state index contributed by atoms with van der Waals surface area (Å²) >= 11 is 0. The van der Waals surface area contributed by atoms with Crippen molar-refractivity contribution in [3.05, 3.63) is 89.8 Å². The number of allylic oxidation sites excluding steroid dienone is 8. The lowest BCUT2D eigenvalue weighted by Crippen LogP contribution is -1.97. The summed E-state index contributed by atoms with van der Waals surface area (Å²) in [4.78, 5) is 0. The molecule has 0 saturated heterocycles. The Morgan fingerprint density at radius 1 is 1.14 bits per heavy atom. The van der Waals surface area contributed by atoms with E-state index in [1.54, 1.807) is 6.08 Å². The molecule has 1 nitrogen and oxygen atoms in total. The van der Waals surface area contributed by atoms with Gasteiger partial charge >= 0.3 is 0 Å². The molecule has 2 rings (SSSR count). The fraction of sp³-hybridized carbons (Fsp3) is 0.238. The third kappa shape index (κ3) is 4.36. The van der Waals surface area contributed by atoms with Crippen molar-refractivity contribution in [1.82, 2.24) is 0 Å². The SMILES string of the molecule is C=C/C(C1=CCCC=C1)=C(O)\C(=C/C)c1ccccc1.CC. The van der Waals surface area contributed by atoms with Crippen molar-refractivity contribution in [3.8, 4) is 0 Å². The van der Waals surface area contributed by atoms with Gasteiger partial charge in [0, 0.05) is 11.1 Å². The van der Waals surface area contributed by atoms with Gasteiger partial charge in [0.15, 0.2) is 0 Å². The molecule has 0 saturated carbocycles. The van der Waals surface area contributed by atoms with Gasteiger partial charge in [0.1, 0.15) is 5.76 Å². The van der Waals surface area contributed by atoms with Crippen molar-refractivity contribution >= 4 is 5.57 Å². The second kappa shape index (κ2) is 9.62. The Balaban J connectivity index is 0.00000116. The van der Waals surface area contributed by atoms with E-state index < -0.39 is 0 Å². The average molecular weight is 294 g/mol. The van der Waals surface area contributed by atoms with E-state index in [4.69, 9.17) is 0 Å². The highest BCUT2D eigenvalue weighted by Gasteiger charge is 2.13. The van der Waals surface area contributed by atoms with Crippen LogP contribution in [0.15, 0.2) is 84.2 Å². The van der Waals surface area contributed by atoms with Crippen LogP contribution in [0.25, 0.3) is 5.57 Å². The first-order valence-electron chi connectivity index (χ1n) is 7.92. The number of rotatable bonds is 4. The Labute approximate surface area is 134 Å². The minimum absolute atomic E-state index is 0.284. The van der Waals surface area contributed by atoms with E-state index in [0.717, 1.165) is 35.1 Å². The van der Waals surface area contributed by atoms with E-state index in [-0.39, 0.29) is 5.76 Å². The number of hydrogen-bond acceptors (Lipinski definition) is 1. The molecule has 0 heterocycles. The van der Waals surface area contributed by atoms with Crippen LogP contribution in [-0.4, -0.2) is 5.11 Å². The number of aliphatic hydroxyl groups excluding tert-OH is 1. The van der Waals surface area contributed by atoms with Gasteiger partial charge in [0.25, 0.3) is 0 Å². The molecule has 1 N–H and O–H groups in total. The van der Waals surface area contributed by atoms with Crippen LogP contribution in [0.5, 0.6) is 0 Å². The summed E-state index contributed by atoms with van der Waals surface area (Å²) < 4.78 is 0. The summed E-state index contributed by atoms with van der Waals surface area (Å²) in [6.45, 7) is 9.78. The molecule has 0 unspecified atom stereocenters. The lowest BCUT2D eigenvalue weighted by Gasteiger charge is -2.14. The monoisotopic (exact) mass is 294 g/mol. The maximum Gasteiger partial charge on any atom is 0.130 e. The fourth-order valence-corrected chi connectivity index (χ4v) is 2.37. The third-order valence-electron chi connectivity index (χ3n) is 3.39. The number of benzene rings is 1. The molecule has 116 valence electrons. The van der Waals surface area contributed by atoms with E-state index in [1.165, 1.54) is 0 Å². The summed E-state index contributed by atoms with van der Waals surface area (Å²) in [5, 5.41) is 10.6. The second-order valence-corrected chi connectivity index (χ2v) is 4.67. The Kier molecular flexibility index (Phi) is 7.77. The van der Waals surface area contributed by atoms with E-state index in [1.807, 2.05) is 57.2 Å². The van der Waals surface area contributed by atoms with Gasteiger partial charge in [-0.3, -0.25) is 0 Å². The van der Waals surface area contributed by atoms with Crippen LogP contribution in [0.2, 0.25) is 0 Å². The van der Waals surface area contributed by atoms with Crippen LogP contribution in [0.1, 0.15) is 39.2 Å². The molecule has 1 aliphatic carbocycles. The quantitative estimate of drug-likeness (QED) is 0.504. The number of aliphatic hydroxyl groups is 1. The van der Waals surface area contributed by atoms with Gasteiger partial charge in [-0.2, -0.15) is 0 Å². The summed E-state index contributed by atoms with van der Waals surface area (Å²) in [5.41, 5.74) is 3.67. The second-order valence-electron chi connectivity index (χ2n) is 4.67. The van der Waals surface area contributed by atoms with E-state index >= 15 is 0 Å². The van der Waals surface area contributed by atoms with Crippen LogP contribution in [0, 0.1) is 0 Å². The third-order valence-corrected chi connectivity index (χ3v) is 3.39. The molecule has 1 aromatic rings. The highest BCUT2D eigenvalue weighted by Crippen LogP contribution is 2.29. The molecule has 0 aromatic heterocycles. The molecule has 1 aliphatic rings. The molecule has 0 spiro atoms. The van der Waals surface area contributed by atoms with Crippen molar-refractivity contribution < 1.29 is 5.11 Å². The van der Waals surface area contributed by atoms with Gasteiger partial charge in [0.2, 0.25) is 0 Å². The fourth-order valence-electron chi connectivity index (χ4n) is 2.37. The summed E-state index contributed by atoms with van der Waals surface area (Å²) in [6.07, 6.45) is 12.0. The van der Waals surface area contributed by atoms with Crippen molar-refractivity contribution in [1.29, 1.82) is 0 Å². The van der Waals surface area contributed by atoms with Gasteiger partial charge in [0.05, 0.1) is 0 Å². The lowest BCUT2D eigenvalue weighted by molar-refractivity contribution is 0.434. The molecule has 0 fully saturated rings. The maximum absolute atomic E-state index is 10.6. The molecule has 0 atom stereocenters. The summed E-state index contributed by atoms with van der Waals surface area (Å²) in [6, 6.07) is 9.91. The maximum atomic E-state index is 10.6. The first-order valence-corrected chi connectivity index (χ1v) is 7.92. The zero-order valence-corrected chi connectivity index (χ0v) is 13.8. The Bertz CT molecular complexity index is 598. The van der Waals surface area contributed by atoms with Crippen molar-refractivity contribution in [2.45, 2.75) is 33.6 Å². The zero-order valence-electron chi connectivity index (χ0n) is 13.8. The lowest BCUT2D eigenvalue weighted by atomic mass is 9.94. The smallest absolute Gasteiger partial charge is 0.130 e. The van der Waals surface area contributed by atoms with Crippen LogP contribution in [0.4, 0.5) is 0 Å². The first kappa shape index (κ1) is 17.8. The predicted molar refractivity (Wildman–Crippen MR) is 97.7 cm³/mol. The normalized spacial score (nSPS) is 15.2. The Morgan fingerprint density at radius 2 is 1.82 bits per heavy atom. The van der Waals surface area contributed by atoms with Gasteiger partial charge in [-0.1, -0.05) is 81.1 Å². The molecule has 0 radical (unpaired) electrons. The van der Waals surface area contributed by atoms with Crippen molar-refractivity contribution in [3.63, 3.8) is 0 Å². The minimum Gasteiger partial charge on any atom is -0.507 e. The molecule has 1 aromatic carbocycles. The Hall–Kier alpha value is -2.28. The highest BCUT2D eigenvalue weighted by atomic mass is 16.3. The molecule has 22 heavy (non-hydrogen) atoms. The van der Waals surface area contributed by atoms with Crippen LogP contribution in [-0.2, 0) is 0 Å². The first-order chi connectivity index (χ1) is 10.8. The molecule has 1 heteroatoms. The topological polar surface area (TPSA) is 20.2 Å². The minimum atomic E-state index is 0.284. The molecule has 0 bridgehead atoms. The van der Waals surface area contributed by atoms with E-state index in [9.17, 15) is 5.11 Å². The van der Waals surface area contributed by atoms with Crippen LogP contribution >= 0.6 is 0 Å². The largest absolute Gasteiger partial charge is 0.507 e. The average Bonchev–Trinajstić information content (AvgIpc) is 2.60. The molecular formula is C21H26O. The van der Waals surface area contributed by atoms with Gasteiger partial charge < -0.3 is 5.11 Å². The predicted octanol–water partition coefficient (Wildman–Crippen LogP) is 6.39. The molecular weight excluding hydrogens is 268 g/mol. The molecule has 0 aliphatic heterocycles. The van der Waals surface area contributed by atoms with Gasteiger partial charge in [-0.15, -0.1) is 0 Å². The molecule has 0 amide bonds. The van der Waals surface area contributed by atoms with Crippen LogP contribution in [0.3, 0.4) is 0 Å². The van der Waals surface area contributed by atoms with Crippen molar-refractivity contribution in [2.24, 2.45) is 0 Å². The summed E-state index contributed by atoms with van der Waals surface area (Å²) in [7, 11) is 0. The van der Waals surface area contributed by atoms with Gasteiger partial charge in [-0.25, -0.2) is 0 Å². The van der Waals surface area contributed by atoms with Gasteiger partial charge in [-0.05, 0) is 30.9 Å². The Morgan fingerprint density at radius 3 is 2.32 bits per heavy atom. The number of hydrogen-bond donors (Lipinski definition) is 1. The van der Waals surface area contributed by atoms with E-state index in [2.05, 4.69) is 24.8 Å². The van der Waals surface area contributed by atoms with Crippen molar-refractivity contribution in [2.75, 3.05) is 0 Å². The highest BCUT2D eigenvalue weighted by molar-refractivity contribution is 5.79. The van der Waals surface area contributed by atoms with E-state index in [0.29, 0.717) is 0 Å². The van der Waals surface area contributed by atoms with Crippen LogP contribution < -0.4 is 0 Å². The standard InChI is InChI=1S/C19H20O.C2H6/c1-3-17(15-11-7-5-8-12-15)19(20)18(4-2)16-13-9-6-10-14-16;1-2/h3-4,6-7,9-14,20H,1,5,8H2,2H3;1-2H3/b18-4-,19-17-;.